The molecule has 0 saturated heterocycles. The molecule has 0 amide bonds. The van der Waals surface area contributed by atoms with Gasteiger partial charge in [0.15, 0.2) is 5.85 Å². The number of hydrogen-bond acceptors (Lipinski definition) is 5. The van der Waals surface area contributed by atoms with Gasteiger partial charge in [0, 0.05) is 17.3 Å². The van der Waals surface area contributed by atoms with E-state index in [4.69, 9.17) is 14.9 Å². The lowest BCUT2D eigenvalue weighted by atomic mass is 10.1. The number of pyridine rings is 1. The van der Waals surface area contributed by atoms with Crippen molar-refractivity contribution in [2.45, 2.75) is 19.4 Å². The topological polar surface area (TPSA) is 131 Å². The smallest absolute Gasteiger partial charge is 0.358 e. The van der Waals surface area contributed by atoms with Gasteiger partial charge in [-0.25, -0.2) is 0 Å². The van der Waals surface area contributed by atoms with Gasteiger partial charge in [0.2, 0.25) is 0 Å². The van der Waals surface area contributed by atoms with Gasteiger partial charge in [-0.2, -0.15) is 0 Å². The Hall–Kier alpha value is -0.980. The van der Waals surface area contributed by atoms with Gasteiger partial charge in [0.1, 0.15) is 5.75 Å². The zero-order valence-corrected chi connectivity index (χ0v) is 9.29. The lowest BCUT2D eigenvalue weighted by molar-refractivity contribution is 0.196. The van der Waals surface area contributed by atoms with E-state index in [9.17, 15) is 14.8 Å². The van der Waals surface area contributed by atoms with Crippen LogP contribution in [0.3, 0.4) is 0 Å². The number of aryl methyl sites for hydroxylation is 1. The molecule has 0 bridgehead atoms. The normalized spacial score (nSPS) is 13.8. The van der Waals surface area contributed by atoms with Crippen LogP contribution in [0.25, 0.3) is 0 Å². The molecule has 0 aliphatic heterocycles. The Morgan fingerprint density at radius 3 is 2.50 bits per heavy atom. The molecule has 1 aromatic heterocycles. The van der Waals surface area contributed by atoms with E-state index in [1.54, 1.807) is 0 Å². The van der Waals surface area contributed by atoms with E-state index >= 15 is 0 Å². The first-order chi connectivity index (χ1) is 7.29. The molecular formula is C8H12NO6P. The van der Waals surface area contributed by atoms with Gasteiger partial charge in [-0.15, -0.1) is 0 Å². The van der Waals surface area contributed by atoms with Crippen molar-refractivity contribution in [3.63, 3.8) is 0 Å². The van der Waals surface area contributed by atoms with E-state index in [2.05, 4.69) is 4.98 Å². The third kappa shape index (κ3) is 2.40. The van der Waals surface area contributed by atoms with Gasteiger partial charge < -0.3 is 25.1 Å². The highest BCUT2D eigenvalue weighted by atomic mass is 31.2. The fourth-order valence-electron chi connectivity index (χ4n) is 1.23. The summed E-state index contributed by atoms with van der Waals surface area (Å²) in [6.45, 7) is 0.819. The van der Waals surface area contributed by atoms with E-state index in [1.165, 1.54) is 6.92 Å². The molecule has 1 unspecified atom stereocenters. The number of nitrogens with zero attached hydrogens (tertiary/aromatic N) is 1. The average molecular weight is 249 g/mol. The number of aliphatic hydroxyl groups is 2. The maximum absolute atomic E-state index is 10.9. The van der Waals surface area contributed by atoms with E-state index < -0.39 is 25.8 Å². The van der Waals surface area contributed by atoms with Gasteiger partial charge in [0.25, 0.3) is 0 Å². The molecule has 0 aliphatic carbocycles. The number of aromatic hydroxyl groups is 1. The second kappa shape index (κ2) is 4.48. The first-order valence-corrected chi connectivity index (χ1v) is 5.98. The SMILES string of the molecule is Cc1ncc(CO)c(C(O)P(=O)(O)O)c1O. The number of hydrogen-bond donors (Lipinski definition) is 5. The zero-order valence-electron chi connectivity index (χ0n) is 8.40. The lowest BCUT2D eigenvalue weighted by Crippen LogP contribution is -2.05. The van der Waals surface area contributed by atoms with E-state index in [1.807, 2.05) is 0 Å². The van der Waals surface area contributed by atoms with Crippen molar-refractivity contribution in [2.75, 3.05) is 0 Å². The molecule has 1 aromatic rings. The van der Waals surface area contributed by atoms with Crippen LogP contribution in [0.1, 0.15) is 22.7 Å². The number of aliphatic hydroxyl groups excluding tert-OH is 2. The summed E-state index contributed by atoms with van der Waals surface area (Å²) in [5.74, 6) is -2.70. The molecule has 8 heteroatoms. The molecule has 0 aliphatic rings. The van der Waals surface area contributed by atoms with Gasteiger partial charge in [-0.05, 0) is 6.92 Å². The van der Waals surface area contributed by atoms with Gasteiger partial charge in [-0.1, -0.05) is 0 Å². The molecule has 1 atom stereocenters. The quantitative estimate of drug-likeness (QED) is 0.467. The fraction of sp³-hybridized carbons (Fsp3) is 0.375. The maximum Gasteiger partial charge on any atom is 0.358 e. The minimum Gasteiger partial charge on any atom is -0.506 e. The summed E-state index contributed by atoms with van der Waals surface area (Å²) >= 11 is 0. The Balaban J connectivity index is 3.41. The van der Waals surface area contributed by atoms with Crippen LogP contribution in [-0.4, -0.2) is 30.1 Å². The van der Waals surface area contributed by atoms with Gasteiger partial charge in [-0.3, -0.25) is 9.55 Å². The van der Waals surface area contributed by atoms with Crippen molar-refractivity contribution in [1.29, 1.82) is 0 Å². The molecule has 0 radical (unpaired) electrons. The van der Waals surface area contributed by atoms with Crippen molar-refractivity contribution in [3.05, 3.63) is 23.0 Å². The van der Waals surface area contributed by atoms with Crippen molar-refractivity contribution in [1.82, 2.24) is 4.98 Å². The van der Waals surface area contributed by atoms with Crippen LogP contribution in [0.15, 0.2) is 6.20 Å². The first kappa shape index (κ1) is 13.1. The van der Waals surface area contributed by atoms with Crippen molar-refractivity contribution >= 4 is 7.60 Å². The highest BCUT2D eigenvalue weighted by Gasteiger charge is 2.33. The highest BCUT2D eigenvalue weighted by Crippen LogP contribution is 2.52. The van der Waals surface area contributed by atoms with Crippen LogP contribution < -0.4 is 0 Å². The summed E-state index contributed by atoms with van der Waals surface area (Å²) in [5.41, 5.74) is -0.304. The first-order valence-electron chi connectivity index (χ1n) is 4.30. The van der Waals surface area contributed by atoms with Gasteiger partial charge in [0.05, 0.1) is 12.3 Å². The molecule has 1 heterocycles. The summed E-state index contributed by atoms with van der Waals surface area (Å²) in [6.07, 6.45) is 1.14. The van der Waals surface area contributed by atoms with Crippen LogP contribution in [0, 0.1) is 6.92 Å². The standard InChI is InChI=1S/C8H12NO6P/c1-4-7(11)6(5(3-10)2-9-4)8(12)16(13,14)15/h2,8,10-12H,3H2,1H3,(H2,13,14,15). The van der Waals surface area contributed by atoms with Crippen LogP contribution in [0.4, 0.5) is 0 Å². The van der Waals surface area contributed by atoms with E-state index in [0.717, 1.165) is 6.20 Å². The second-order valence-corrected chi connectivity index (χ2v) is 4.92. The summed E-state index contributed by atoms with van der Waals surface area (Å²) < 4.78 is 10.9. The molecule has 1 rings (SSSR count). The molecule has 5 N–H and O–H groups in total. The summed E-state index contributed by atoms with van der Waals surface area (Å²) in [4.78, 5) is 21.3. The fourth-order valence-corrected chi connectivity index (χ4v) is 1.86. The van der Waals surface area contributed by atoms with Crippen molar-refractivity contribution < 1.29 is 29.7 Å². The molecule has 0 spiro atoms. The Morgan fingerprint density at radius 2 is 2.06 bits per heavy atom. The summed E-state index contributed by atoms with van der Waals surface area (Å²) in [7, 11) is -4.81. The Labute approximate surface area is 91.2 Å². The lowest BCUT2D eigenvalue weighted by Gasteiger charge is -2.17. The van der Waals surface area contributed by atoms with E-state index in [0.29, 0.717) is 0 Å². The van der Waals surface area contributed by atoms with Crippen LogP contribution in [0.5, 0.6) is 5.75 Å². The Morgan fingerprint density at radius 1 is 1.50 bits per heavy atom. The second-order valence-electron chi connectivity index (χ2n) is 3.25. The average Bonchev–Trinajstić information content (AvgIpc) is 2.19. The summed E-state index contributed by atoms with van der Waals surface area (Å²) in [5, 5.41) is 27.9. The molecule has 0 fully saturated rings. The van der Waals surface area contributed by atoms with Crippen LogP contribution >= 0.6 is 7.60 Å². The zero-order chi connectivity index (χ0) is 12.5. The molecule has 7 nitrogen and oxygen atoms in total. The maximum atomic E-state index is 10.9. The minimum atomic E-state index is -4.81. The van der Waals surface area contributed by atoms with Crippen LogP contribution in [-0.2, 0) is 11.2 Å². The summed E-state index contributed by atoms with van der Waals surface area (Å²) in [6, 6.07) is 0. The Bertz CT molecular complexity index is 442. The van der Waals surface area contributed by atoms with Gasteiger partial charge >= 0.3 is 7.60 Å². The molecule has 0 aromatic carbocycles. The van der Waals surface area contributed by atoms with Crippen molar-refractivity contribution in [3.8, 4) is 5.75 Å². The molecule has 0 saturated carbocycles. The largest absolute Gasteiger partial charge is 0.506 e. The monoisotopic (exact) mass is 249 g/mol. The van der Waals surface area contributed by atoms with E-state index in [-0.39, 0.29) is 16.8 Å². The molecular weight excluding hydrogens is 237 g/mol. The third-order valence-corrected chi connectivity index (χ3v) is 3.00. The third-order valence-electron chi connectivity index (χ3n) is 2.10. The Kier molecular flexibility index (Phi) is 3.67. The predicted molar refractivity (Wildman–Crippen MR) is 53.6 cm³/mol. The van der Waals surface area contributed by atoms with Crippen molar-refractivity contribution in [2.24, 2.45) is 0 Å². The highest BCUT2D eigenvalue weighted by molar-refractivity contribution is 7.51. The predicted octanol–water partition coefficient (Wildman–Crippen LogP) is -0.243. The number of rotatable bonds is 3. The molecule has 16 heavy (non-hydrogen) atoms. The minimum absolute atomic E-state index is 0.0288. The number of aromatic nitrogens is 1. The molecule has 90 valence electrons. The van der Waals surface area contributed by atoms with Crippen LogP contribution in [0.2, 0.25) is 0 Å².